The molecule has 45 heavy (non-hydrogen) atoms. The van der Waals surface area contributed by atoms with Gasteiger partial charge in [0, 0.05) is 11.8 Å². The Morgan fingerprint density at radius 1 is 0.933 bits per heavy atom. The molecular weight excluding hydrogens is 614 g/mol. The molecular formula is C27H35N7O10S. The van der Waals surface area contributed by atoms with Crippen molar-refractivity contribution in [2.75, 3.05) is 18.1 Å². The van der Waals surface area contributed by atoms with Crippen LogP contribution < -0.4 is 17.0 Å². The van der Waals surface area contributed by atoms with Gasteiger partial charge >= 0.3 is 5.69 Å². The molecule has 244 valence electrons. The van der Waals surface area contributed by atoms with Crippen molar-refractivity contribution in [3.05, 3.63) is 44.8 Å². The van der Waals surface area contributed by atoms with Crippen molar-refractivity contribution in [2.45, 2.75) is 101 Å². The zero-order chi connectivity index (χ0) is 31.8. The van der Waals surface area contributed by atoms with E-state index < -0.39 is 78.5 Å². The van der Waals surface area contributed by atoms with Gasteiger partial charge in [-0.15, -0.1) is 0 Å². The van der Waals surface area contributed by atoms with E-state index in [9.17, 15) is 19.8 Å². The summed E-state index contributed by atoms with van der Waals surface area (Å²) in [5.74, 6) is -0.293. The minimum atomic E-state index is -0.952. The van der Waals surface area contributed by atoms with Gasteiger partial charge in [-0.3, -0.25) is 18.9 Å². The Balaban J connectivity index is 1.16. The van der Waals surface area contributed by atoms with Crippen molar-refractivity contribution in [1.29, 1.82) is 0 Å². The van der Waals surface area contributed by atoms with Crippen LogP contribution in [0.2, 0.25) is 0 Å². The van der Waals surface area contributed by atoms with Crippen LogP contribution >= 0.6 is 11.8 Å². The second kappa shape index (κ2) is 11.1. The Hall–Kier alpha value is -2.94. The van der Waals surface area contributed by atoms with Gasteiger partial charge in [-0.25, -0.2) is 19.7 Å². The first-order valence-electron chi connectivity index (χ1n) is 14.5. The van der Waals surface area contributed by atoms with Crippen molar-refractivity contribution in [2.24, 2.45) is 0 Å². The standard InChI is InChI=1S/C27H35N7O10S/c1-26(2)41-17-12(7-36)39-24(19(17)43-26)34-14(31-16-21(28)29-10-30-22(16)34)9-45-8-13-18-20(44-27(3,4)42-18)23(40-13)33-11(6-35)5-15(37)32-25(33)38/h5,10,12-13,17-20,23-24,35-36H,6-9H2,1-4H3,(H2,28,29,30)(H,32,37,38)/t12-,13-,17-,18-,19-,20-,23-,24-/m1/s1. The molecule has 0 unspecified atom stereocenters. The highest BCUT2D eigenvalue weighted by molar-refractivity contribution is 7.98. The summed E-state index contributed by atoms with van der Waals surface area (Å²) in [6, 6.07) is 1.15. The zero-order valence-corrected chi connectivity index (χ0v) is 25.8. The fraction of sp³-hybridized carbons (Fsp3) is 0.667. The second-order valence-electron chi connectivity index (χ2n) is 12.2. The molecule has 4 aliphatic rings. The molecule has 5 N–H and O–H groups in total. The lowest BCUT2D eigenvalue weighted by Crippen LogP contribution is -2.39. The van der Waals surface area contributed by atoms with Gasteiger partial charge in [-0.1, -0.05) is 0 Å². The molecule has 0 radical (unpaired) electrons. The highest BCUT2D eigenvalue weighted by Crippen LogP contribution is 2.46. The molecule has 0 aliphatic carbocycles. The number of nitrogens with zero attached hydrogens (tertiary/aromatic N) is 5. The number of rotatable bonds is 8. The minimum Gasteiger partial charge on any atom is -0.394 e. The molecule has 4 saturated heterocycles. The normalized spacial score (nSPS) is 33.2. The van der Waals surface area contributed by atoms with Crippen LogP contribution in [0.5, 0.6) is 0 Å². The maximum Gasteiger partial charge on any atom is 0.330 e. The van der Waals surface area contributed by atoms with Crippen LogP contribution in [0.4, 0.5) is 5.82 Å². The summed E-state index contributed by atoms with van der Waals surface area (Å²) in [6.45, 7) is 6.35. The Kier molecular flexibility index (Phi) is 7.57. The molecule has 0 spiro atoms. The summed E-state index contributed by atoms with van der Waals surface area (Å²) in [5.41, 5.74) is 5.79. The number of aromatic nitrogens is 6. The molecule has 18 heteroatoms. The molecule has 3 aromatic rings. The molecule has 4 fully saturated rings. The predicted octanol–water partition coefficient (Wildman–Crippen LogP) is -0.488. The predicted molar refractivity (Wildman–Crippen MR) is 156 cm³/mol. The first kappa shape index (κ1) is 30.7. The average molecular weight is 650 g/mol. The van der Waals surface area contributed by atoms with Gasteiger partial charge in [0.05, 0.1) is 30.8 Å². The highest BCUT2D eigenvalue weighted by Gasteiger charge is 2.57. The summed E-state index contributed by atoms with van der Waals surface area (Å²) in [6.07, 6.45) is -3.73. The maximum absolute atomic E-state index is 12.8. The van der Waals surface area contributed by atoms with E-state index in [0.717, 1.165) is 6.07 Å². The van der Waals surface area contributed by atoms with Crippen LogP contribution in [-0.4, -0.2) is 99.8 Å². The number of aromatic amines is 1. The van der Waals surface area contributed by atoms with E-state index in [2.05, 4.69) is 15.0 Å². The zero-order valence-electron chi connectivity index (χ0n) is 25.0. The van der Waals surface area contributed by atoms with Crippen LogP contribution in [0.3, 0.4) is 0 Å². The molecule has 0 bridgehead atoms. The first-order valence-corrected chi connectivity index (χ1v) is 15.7. The van der Waals surface area contributed by atoms with E-state index in [-0.39, 0.29) is 18.1 Å². The van der Waals surface area contributed by atoms with Gasteiger partial charge in [0.25, 0.3) is 5.56 Å². The topological polar surface area (TPSA) is 220 Å². The smallest absolute Gasteiger partial charge is 0.330 e. The lowest BCUT2D eigenvalue weighted by Gasteiger charge is -2.26. The summed E-state index contributed by atoms with van der Waals surface area (Å²) < 4.78 is 40.2. The number of fused-ring (bicyclic) bond motifs is 3. The van der Waals surface area contributed by atoms with Crippen molar-refractivity contribution < 1.29 is 38.6 Å². The van der Waals surface area contributed by atoms with Gasteiger partial charge < -0.3 is 44.4 Å². The van der Waals surface area contributed by atoms with Crippen LogP contribution in [0.25, 0.3) is 11.2 Å². The van der Waals surface area contributed by atoms with Crippen LogP contribution in [0, 0.1) is 0 Å². The molecule has 0 saturated carbocycles. The van der Waals surface area contributed by atoms with E-state index in [0.29, 0.717) is 28.5 Å². The first-order chi connectivity index (χ1) is 21.4. The van der Waals surface area contributed by atoms with Crippen molar-refractivity contribution in [3.8, 4) is 0 Å². The molecule has 17 nitrogen and oxygen atoms in total. The van der Waals surface area contributed by atoms with Gasteiger partial charge in [0.1, 0.15) is 42.7 Å². The fourth-order valence-corrected chi connectivity index (χ4v) is 7.58. The van der Waals surface area contributed by atoms with Crippen molar-refractivity contribution in [1.82, 2.24) is 29.1 Å². The fourth-order valence-electron chi connectivity index (χ4n) is 6.58. The van der Waals surface area contributed by atoms with E-state index in [1.165, 1.54) is 22.7 Å². The number of nitrogens with one attached hydrogen (secondary N) is 1. The number of H-pyrrole nitrogens is 1. The molecule has 0 amide bonds. The molecule has 8 atom stereocenters. The lowest BCUT2D eigenvalue weighted by atomic mass is 10.1. The number of ether oxygens (including phenoxy) is 6. The number of thioether (sulfide) groups is 1. The maximum atomic E-state index is 12.8. The average Bonchev–Trinajstić information content (AvgIpc) is 3.74. The molecule has 7 heterocycles. The van der Waals surface area contributed by atoms with Gasteiger partial charge in [0.2, 0.25) is 0 Å². The summed E-state index contributed by atoms with van der Waals surface area (Å²) in [7, 11) is 0. The van der Waals surface area contributed by atoms with E-state index in [4.69, 9.17) is 39.1 Å². The Morgan fingerprint density at radius 2 is 1.56 bits per heavy atom. The van der Waals surface area contributed by atoms with Crippen LogP contribution in [0.15, 0.2) is 22.0 Å². The van der Waals surface area contributed by atoms with Gasteiger partial charge in [-0.2, -0.15) is 11.8 Å². The Labute approximate surface area is 259 Å². The number of hydrogen-bond donors (Lipinski definition) is 4. The number of aliphatic hydroxyl groups excluding tert-OH is 2. The number of nitrogen functional groups attached to an aromatic ring is 1. The largest absolute Gasteiger partial charge is 0.394 e. The van der Waals surface area contributed by atoms with Crippen LogP contribution in [-0.2, 0) is 40.8 Å². The van der Waals surface area contributed by atoms with Crippen LogP contribution in [0.1, 0.15) is 51.7 Å². The van der Waals surface area contributed by atoms with Gasteiger partial charge in [0.15, 0.2) is 41.0 Å². The molecule has 0 aromatic carbocycles. The third-order valence-electron chi connectivity index (χ3n) is 8.25. The number of aliphatic hydroxyl groups is 2. The summed E-state index contributed by atoms with van der Waals surface area (Å²) in [4.78, 5) is 40.3. The van der Waals surface area contributed by atoms with Gasteiger partial charge in [-0.05, 0) is 27.7 Å². The summed E-state index contributed by atoms with van der Waals surface area (Å²) >= 11 is 1.49. The highest BCUT2D eigenvalue weighted by atomic mass is 32.2. The third kappa shape index (κ3) is 5.27. The number of hydrogen-bond acceptors (Lipinski definition) is 15. The van der Waals surface area contributed by atoms with Crippen molar-refractivity contribution in [3.63, 3.8) is 0 Å². The summed E-state index contributed by atoms with van der Waals surface area (Å²) in [5, 5.41) is 19.9. The SMILES string of the molecule is CC1(C)O[C@@H]2[C@H](O1)[C@@H](CSCc1nc3c(N)ncnc3n1[C@@H]1O[C@H](CO)[C@H]3OC(C)(C)O[C@H]31)O[C@H]2n1c(CO)cc(=O)[nH]c1=O. The Morgan fingerprint density at radius 3 is 2.22 bits per heavy atom. The quantitative estimate of drug-likeness (QED) is 0.242. The Bertz CT molecular complexity index is 1730. The molecule has 4 aliphatic heterocycles. The molecule has 7 rings (SSSR count). The van der Waals surface area contributed by atoms with Crippen molar-refractivity contribution >= 4 is 28.7 Å². The van der Waals surface area contributed by atoms with E-state index in [1.54, 1.807) is 13.8 Å². The van der Waals surface area contributed by atoms with E-state index in [1.807, 2.05) is 18.4 Å². The number of nitrogens with two attached hydrogens (primary N) is 1. The number of imidazole rings is 1. The second-order valence-corrected chi connectivity index (χ2v) is 13.3. The number of anilines is 1. The lowest BCUT2D eigenvalue weighted by molar-refractivity contribution is -0.199. The van der Waals surface area contributed by atoms with E-state index >= 15 is 0 Å². The third-order valence-corrected chi connectivity index (χ3v) is 9.28. The molecule has 3 aromatic heterocycles. The minimum absolute atomic E-state index is 0.0962. The monoisotopic (exact) mass is 649 g/mol.